The average molecular weight is 590 g/mol. The number of likely N-dealkylation sites (tertiary alicyclic amines) is 1. The molecule has 1 saturated carbocycles. The summed E-state index contributed by atoms with van der Waals surface area (Å²) >= 11 is 0. The van der Waals surface area contributed by atoms with Gasteiger partial charge >= 0.3 is 0 Å². The van der Waals surface area contributed by atoms with E-state index in [-0.39, 0.29) is 0 Å². The van der Waals surface area contributed by atoms with E-state index in [0.717, 1.165) is 63.0 Å². The second-order valence-electron chi connectivity index (χ2n) is 13.1. The summed E-state index contributed by atoms with van der Waals surface area (Å²) in [4.78, 5) is 20.7. The number of ether oxygens (including phenoxy) is 2. The summed E-state index contributed by atoms with van der Waals surface area (Å²) in [6, 6.07) is 9.11. The fraction of sp³-hybridized carbons (Fsp3) is 0.622. The van der Waals surface area contributed by atoms with Gasteiger partial charge in [-0.2, -0.15) is 0 Å². The molecule has 2 saturated heterocycles. The Hall–Kier alpha value is -2.86. The van der Waals surface area contributed by atoms with Gasteiger partial charge in [-0.3, -0.25) is 9.89 Å². The van der Waals surface area contributed by atoms with Crippen molar-refractivity contribution in [1.29, 1.82) is 0 Å². The van der Waals surface area contributed by atoms with Crippen molar-refractivity contribution in [3.8, 4) is 0 Å². The molecule has 0 bridgehead atoms. The number of aliphatic imine (C=N–C) groups is 1. The summed E-state index contributed by atoms with van der Waals surface area (Å²) in [5, 5.41) is 0. The summed E-state index contributed by atoms with van der Waals surface area (Å²) < 4.78 is 11.6. The third-order valence-electron chi connectivity index (χ3n) is 9.27. The molecule has 4 aliphatic rings. The van der Waals surface area contributed by atoms with E-state index in [0.29, 0.717) is 37.1 Å². The molecule has 1 aromatic rings. The molecule has 6 heteroatoms. The van der Waals surface area contributed by atoms with Crippen LogP contribution in [-0.4, -0.2) is 56.4 Å². The van der Waals surface area contributed by atoms with E-state index >= 15 is 0 Å². The molecule has 6 nitrogen and oxygen atoms in total. The molecule has 1 aromatic carbocycles. The fourth-order valence-corrected chi connectivity index (χ4v) is 6.58. The van der Waals surface area contributed by atoms with Crippen molar-refractivity contribution in [2.45, 2.75) is 98.4 Å². The zero-order valence-electron chi connectivity index (χ0n) is 27.6. The minimum atomic E-state index is 0.361. The maximum absolute atomic E-state index is 11.3. The third-order valence-corrected chi connectivity index (χ3v) is 9.27. The topological polar surface area (TPSA) is 54.4 Å². The van der Waals surface area contributed by atoms with Crippen molar-refractivity contribution in [1.82, 2.24) is 4.90 Å². The highest BCUT2D eigenvalue weighted by Crippen LogP contribution is 2.49. The minimum absolute atomic E-state index is 0.361. The number of nitrogens with zero attached hydrogens (tertiary/aromatic N) is 3. The second kappa shape index (κ2) is 16.3. The minimum Gasteiger partial charge on any atom is -0.454 e. The molecule has 0 spiro atoms. The van der Waals surface area contributed by atoms with E-state index in [2.05, 4.69) is 86.8 Å². The Morgan fingerprint density at radius 3 is 2.67 bits per heavy atom. The molecule has 43 heavy (non-hydrogen) atoms. The van der Waals surface area contributed by atoms with E-state index in [1.54, 1.807) is 0 Å². The smallest absolute Gasteiger partial charge is 0.231 e. The molecule has 3 unspecified atom stereocenters. The molecular formula is C37H55N3O3. The number of allylic oxidation sites excluding steroid dienone is 3. The number of aryl methyl sites for hydroxylation is 1. The van der Waals surface area contributed by atoms with Gasteiger partial charge in [-0.15, -0.1) is 0 Å². The number of anilines is 1. The van der Waals surface area contributed by atoms with E-state index in [1.165, 1.54) is 53.8 Å². The molecule has 0 radical (unpaired) electrons. The number of carbonyl (C=O) groups excluding carboxylic acids is 1. The van der Waals surface area contributed by atoms with E-state index in [1.807, 2.05) is 6.20 Å². The summed E-state index contributed by atoms with van der Waals surface area (Å²) in [6.07, 6.45) is 15.8. The lowest BCUT2D eigenvalue weighted by Gasteiger charge is -2.26. The van der Waals surface area contributed by atoms with Crippen LogP contribution in [0.15, 0.2) is 64.2 Å². The highest BCUT2D eigenvalue weighted by molar-refractivity contribution is 5.84. The van der Waals surface area contributed by atoms with Gasteiger partial charge in [0.05, 0.1) is 6.54 Å². The number of carbonyl (C=O) groups is 1. The fourth-order valence-electron chi connectivity index (χ4n) is 6.58. The van der Waals surface area contributed by atoms with Gasteiger partial charge in [0, 0.05) is 43.8 Å². The lowest BCUT2D eigenvalue weighted by molar-refractivity contribution is -0.109. The van der Waals surface area contributed by atoms with Gasteiger partial charge in [-0.25, -0.2) is 0 Å². The van der Waals surface area contributed by atoms with Crippen molar-refractivity contribution in [2.24, 2.45) is 22.7 Å². The van der Waals surface area contributed by atoms with Crippen LogP contribution in [0.4, 0.5) is 5.69 Å². The molecule has 2 aliphatic heterocycles. The first-order valence-electron chi connectivity index (χ1n) is 16.7. The van der Waals surface area contributed by atoms with Crippen LogP contribution in [0.2, 0.25) is 0 Å². The van der Waals surface area contributed by atoms with E-state index in [4.69, 9.17) is 9.47 Å². The molecule has 2 heterocycles. The first-order chi connectivity index (χ1) is 20.8. The molecule has 0 N–H and O–H groups in total. The first-order valence-corrected chi connectivity index (χ1v) is 16.7. The Bertz CT molecular complexity index is 1190. The van der Waals surface area contributed by atoms with E-state index in [9.17, 15) is 4.79 Å². The SMILES string of the molecule is CCC(CCC1CC(C2C=C3OCOC3=C(C3CC3)C2)CN1CC=O)=NC=C(C)C.CCCCN(C)c1cccc(C)c1. The van der Waals surface area contributed by atoms with Crippen LogP contribution < -0.4 is 4.90 Å². The van der Waals surface area contributed by atoms with Crippen molar-refractivity contribution >= 4 is 17.7 Å². The van der Waals surface area contributed by atoms with Crippen LogP contribution in [0.1, 0.15) is 91.0 Å². The maximum atomic E-state index is 11.3. The largest absolute Gasteiger partial charge is 0.454 e. The van der Waals surface area contributed by atoms with Crippen LogP contribution >= 0.6 is 0 Å². The maximum Gasteiger partial charge on any atom is 0.231 e. The highest BCUT2D eigenvalue weighted by atomic mass is 16.7. The van der Waals surface area contributed by atoms with Gasteiger partial charge in [0.25, 0.3) is 0 Å². The molecule has 2 aliphatic carbocycles. The van der Waals surface area contributed by atoms with Crippen LogP contribution in [0, 0.1) is 24.7 Å². The molecule has 3 fully saturated rings. The summed E-state index contributed by atoms with van der Waals surface area (Å²) in [5.41, 5.74) is 6.63. The lowest BCUT2D eigenvalue weighted by atomic mass is 9.80. The Balaban J connectivity index is 0.000000273. The van der Waals surface area contributed by atoms with Crippen LogP contribution in [0.3, 0.4) is 0 Å². The zero-order chi connectivity index (χ0) is 30.8. The molecule has 5 rings (SSSR count). The van der Waals surface area contributed by atoms with Crippen LogP contribution in [0.25, 0.3) is 0 Å². The van der Waals surface area contributed by atoms with Gasteiger partial charge in [0.2, 0.25) is 6.79 Å². The predicted molar refractivity (Wildman–Crippen MR) is 178 cm³/mol. The Kier molecular flexibility index (Phi) is 12.5. The van der Waals surface area contributed by atoms with E-state index < -0.39 is 0 Å². The van der Waals surface area contributed by atoms with Crippen molar-refractivity contribution in [3.05, 3.63) is 64.8 Å². The van der Waals surface area contributed by atoms with Crippen molar-refractivity contribution < 1.29 is 14.3 Å². The Labute approximate surface area is 260 Å². The molecule has 236 valence electrons. The number of fused-ring (bicyclic) bond motifs is 1. The van der Waals surface area contributed by atoms with Crippen molar-refractivity contribution in [2.75, 3.05) is 38.4 Å². The first kappa shape index (κ1) is 33.0. The van der Waals surface area contributed by atoms with Gasteiger partial charge < -0.3 is 19.2 Å². The Morgan fingerprint density at radius 2 is 2.00 bits per heavy atom. The van der Waals surface area contributed by atoms with Gasteiger partial charge in [0.15, 0.2) is 11.5 Å². The highest BCUT2D eigenvalue weighted by Gasteiger charge is 2.42. The van der Waals surface area contributed by atoms with Gasteiger partial charge in [0.1, 0.15) is 6.29 Å². The second-order valence-corrected chi connectivity index (χ2v) is 13.1. The normalized spacial score (nSPS) is 23.4. The number of benzene rings is 1. The molecular weight excluding hydrogens is 534 g/mol. The van der Waals surface area contributed by atoms with Gasteiger partial charge in [-0.1, -0.05) is 38.0 Å². The lowest BCUT2D eigenvalue weighted by Crippen LogP contribution is -2.32. The quantitative estimate of drug-likeness (QED) is 0.171. The predicted octanol–water partition coefficient (Wildman–Crippen LogP) is 8.23. The summed E-state index contributed by atoms with van der Waals surface area (Å²) in [6.45, 7) is 13.8. The molecule has 0 aromatic heterocycles. The van der Waals surface area contributed by atoms with Crippen molar-refractivity contribution in [3.63, 3.8) is 0 Å². The molecule has 3 atom stereocenters. The summed E-state index contributed by atoms with van der Waals surface area (Å²) in [5.74, 6) is 3.78. The third kappa shape index (κ3) is 9.56. The number of aldehydes is 1. The van der Waals surface area contributed by atoms with Crippen LogP contribution in [0.5, 0.6) is 0 Å². The molecule has 0 amide bonds. The zero-order valence-corrected chi connectivity index (χ0v) is 27.6. The average Bonchev–Trinajstić information content (AvgIpc) is 3.60. The monoisotopic (exact) mass is 589 g/mol. The number of hydrogen-bond acceptors (Lipinski definition) is 6. The number of rotatable bonds is 13. The summed E-state index contributed by atoms with van der Waals surface area (Å²) in [7, 11) is 2.16. The number of unbranched alkanes of at least 4 members (excludes halogenated alkanes) is 1. The van der Waals surface area contributed by atoms with Gasteiger partial charge in [-0.05, 0) is 119 Å². The Morgan fingerprint density at radius 1 is 1.19 bits per heavy atom. The number of hydrogen-bond donors (Lipinski definition) is 0. The standard InChI is InChI=1S/C25H36N2O3.C12H19N/c1-4-21(26-14-17(2)3)7-8-22-11-20(15-27(22)9-10-28)19-12-23(18-5-6-18)25-24(13-19)29-16-30-25;1-4-5-9-13(3)12-8-6-7-11(2)10-12/h10,13-14,18-20,22H,4-9,11-12,15-16H2,1-3H3;6-8,10H,4-5,9H2,1-3H3. The van der Waals surface area contributed by atoms with Crippen LogP contribution in [-0.2, 0) is 14.3 Å².